The van der Waals surface area contributed by atoms with Crippen molar-refractivity contribution in [3.63, 3.8) is 0 Å². The van der Waals surface area contributed by atoms with Crippen molar-refractivity contribution in [1.29, 1.82) is 0 Å². The van der Waals surface area contributed by atoms with E-state index in [0.717, 1.165) is 45.3 Å². The quantitative estimate of drug-likeness (QED) is 0.842. The molecule has 2 atom stereocenters. The monoisotopic (exact) mass is 326 g/mol. The summed E-state index contributed by atoms with van der Waals surface area (Å²) < 4.78 is 10.9. The highest BCUT2D eigenvalue weighted by Gasteiger charge is 2.49. The highest BCUT2D eigenvalue weighted by molar-refractivity contribution is 5.69. The summed E-state index contributed by atoms with van der Waals surface area (Å²) in [6, 6.07) is 0.865. The topological polar surface area (TPSA) is 50.8 Å². The fourth-order valence-corrected chi connectivity index (χ4v) is 3.81. The molecule has 2 unspecified atom stereocenters. The Morgan fingerprint density at radius 2 is 2.09 bits per heavy atom. The van der Waals surface area contributed by atoms with E-state index in [-0.39, 0.29) is 11.6 Å². The second-order valence-electron chi connectivity index (χ2n) is 8.13. The Bertz CT molecular complexity index is 402. The van der Waals surface area contributed by atoms with Gasteiger partial charge in [-0.2, -0.15) is 0 Å². The van der Waals surface area contributed by atoms with Crippen molar-refractivity contribution in [1.82, 2.24) is 10.2 Å². The minimum Gasteiger partial charge on any atom is -0.444 e. The van der Waals surface area contributed by atoms with E-state index in [0.29, 0.717) is 12.1 Å². The molecule has 23 heavy (non-hydrogen) atoms. The molecule has 1 saturated heterocycles. The number of hydrogen-bond acceptors (Lipinski definition) is 4. The number of piperidine rings is 1. The Hall–Kier alpha value is -0.810. The summed E-state index contributed by atoms with van der Waals surface area (Å²) in [6.45, 7) is 9.52. The summed E-state index contributed by atoms with van der Waals surface area (Å²) >= 11 is 0. The second kappa shape index (κ2) is 7.39. The first-order valence-electron chi connectivity index (χ1n) is 9.05. The summed E-state index contributed by atoms with van der Waals surface area (Å²) in [5.74, 6) is 0. The summed E-state index contributed by atoms with van der Waals surface area (Å²) in [6.07, 6.45) is 6.36. The third-order valence-corrected chi connectivity index (χ3v) is 5.13. The van der Waals surface area contributed by atoms with Crippen molar-refractivity contribution in [2.75, 3.05) is 20.3 Å². The number of carbonyl (C=O) groups is 1. The number of hydrogen-bond donors (Lipinski definition) is 1. The average Bonchev–Trinajstić information content (AvgIpc) is 2.43. The van der Waals surface area contributed by atoms with Crippen LogP contribution >= 0.6 is 0 Å². The van der Waals surface area contributed by atoms with E-state index in [1.165, 1.54) is 6.42 Å². The molecule has 1 heterocycles. The van der Waals surface area contributed by atoms with E-state index in [2.05, 4.69) is 12.2 Å². The standard InChI is InChI=1S/C18H34N2O3/c1-6-14(13-22-5)19-15-8-11-20(16(21)23-17(2,3)4)18(12-15)9-7-10-18/h14-15,19H,6-13H2,1-5H3. The second-order valence-corrected chi connectivity index (χ2v) is 8.13. The zero-order valence-corrected chi connectivity index (χ0v) is 15.5. The van der Waals surface area contributed by atoms with Gasteiger partial charge in [-0.3, -0.25) is 0 Å². The molecule has 0 aromatic carbocycles. The summed E-state index contributed by atoms with van der Waals surface area (Å²) in [7, 11) is 1.75. The fraction of sp³-hybridized carbons (Fsp3) is 0.944. The lowest BCUT2D eigenvalue weighted by Gasteiger charge is -2.55. The van der Waals surface area contributed by atoms with Crippen LogP contribution in [-0.4, -0.2) is 54.5 Å². The molecule has 0 bridgehead atoms. The van der Waals surface area contributed by atoms with Crippen LogP contribution in [0, 0.1) is 0 Å². The molecule has 2 fully saturated rings. The molecule has 0 aromatic rings. The van der Waals surface area contributed by atoms with Gasteiger partial charge in [-0.15, -0.1) is 0 Å². The maximum atomic E-state index is 12.6. The van der Waals surface area contributed by atoms with Crippen molar-refractivity contribution < 1.29 is 14.3 Å². The largest absolute Gasteiger partial charge is 0.444 e. The molecule has 0 radical (unpaired) electrons. The number of ether oxygens (including phenoxy) is 2. The van der Waals surface area contributed by atoms with Crippen molar-refractivity contribution in [2.24, 2.45) is 0 Å². The number of nitrogens with one attached hydrogen (secondary N) is 1. The fourth-order valence-electron chi connectivity index (χ4n) is 3.81. The van der Waals surface area contributed by atoms with Gasteiger partial charge in [0.2, 0.25) is 0 Å². The minimum absolute atomic E-state index is 0.0175. The Morgan fingerprint density at radius 1 is 1.39 bits per heavy atom. The van der Waals surface area contributed by atoms with E-state index in [1.54, 1.807) is 7.11 Å². The number of likely N-dealkylation sites (tertiary alicyclic amines) is 1. The van der Waals surface area contributed by atoms with Crippen LogP contribution in [-0.2, 0) is 9.47 Å². The van der Waals surface area contributed by atoms with Gasteiger partial charge in [0.15, 0.2) is 0 Å². The van der Waals surface area contributed by atoms with Gasteiger partial charge >= 0.3 is 6.09 Å². The maximum absolute atomic E-state index is 12.6. The van der Waals surface area contributed by atoms with Gasteiger partial charge in [-0.1, -0.05) is 6.92 Å². The molecule has 1 N–H and O–H groups in total. The van der Waals surface area contributed by atoms with Gasteiger partial charge in [-0.05, 0) is 59.3 Å². The van der Waals surface area contributed by atoms with E-state index >= 15 is 0 Å². The summed E-state index contributed by atoms with van der Waals surface area (Å²) in [5.41, 5.74) is -0.410. The van der Waals surface area contributed by atoms with Crippen LogP contribution in [0.3, 0.4) is 0 Å². The lowest BCUT2D eigenvalue weighted by molar-refractivity contribution is -0.0507. The molecule has 5 nitrogen and oxygen atoms in total. The van der Waals surface area contributed by atoms with Gasteiger partial charge in [-0.25, -0.2) is 4.79 Å². The van der Waals surface area contributed by atoms with Crippen LogP contribution in [0.5, 0.6) is 0 Å². The van der Waals surface area contributed by atoms with Crippen molar-refractivity contribution in [2.45, 2.75) is 89.4 Å². The molecule has 5 heteroatoms. The van der Waals surface area contributed by atoms with Gasteiger partial charge < -0.3 is 19.7 Å². The van der Waals surface area contributed by atoms with Gasteiger partial charge in [0.05, 0.1) is 6.61 Å². The van der Waals surface area contributed by atoms with E-state index in [9.17, 15) is 4.79 Å². The Balaban J connectivity index is 1.98. The number of methoxy groups -OCH3 is 1. The third-order valence-electron chi connectivity index (χ3n) is 5.13. The molecule has 1 aliphatic heterocycles. The third kappa shape index (κ3) is 4.60. The Labute approximate surface area is 141 Å². The smallest absolute Gasteiger partial charge is 0.410 e. The van der Waals surface area contributed by atoms with Crippen molar-refractivity contribution in [3.05, 3.63) is 0 Å². The molecule has 1 amide bonds. The summed E-state index contributed by atoms with van der Waals surface area (Å²) in [5, 5.41) is 3.73. The number of nitrogens with zero attached hydrogens (tertiary/aromatic N) is 1. The van der Waals surface area contributed by atoms with Crippen LogP contribution < -0.4 is 5.32 Å². The Kier molecular flexibility index (Phi) is 5.95. The van der Waals surface area contributed by atoms with Gasteiger partial charge in [0.25, 0.3) is 0 Å². The number of amides is 1. The van der Waals surface area contributed by atoms with Crippen LogP contribution in [0.25, 0.3) is 0 Å². The number of carbonyl (C=O) groups excluding carboxylic acids is 1. The van der Waals surface area contributed by atoms with E-state index in [1.807, 2.05) is 25.7 Å². The first-order valence-corrected chi connectivity index (χ1v) is 9.05. The molecular formula is C18H34N2O3. The van der Waals surface area contributed by atoms with Crippen molar-refractivity contribution >= 4 is 6.09 Å². The highest BCUT2D eigenvalue weighted by Crippen LogP contribution is 2.45. The zero-order chi connectivity index (χ0) is 17.1. The minimum atomic E-state index is -0.428. The average molecular weight is 326 g/mol. The van der Waals surface area contributed by atoms with Crippen LogP contribution in [0.1, 0.15) is 66.2 Å². The van der Waals surface area contributed by atoms with E-state index < -0.39 is 5.60 Å². The maximum Gasteiger partial charge on any atom is 0.410 e. The molecular weight excluding hydrogens is 292 g/mol. The first-order chi connectivity index (χ1) is 10.8. The molecule has 0 aromatic heterocycles. The predicted molar refractivity (Wildman–Crippen MR) is 91.6 cm³/mol. The van der Waals surface area contributed by atoms with Crippen LogP contribution in [0.4, 0.5) is 4.79 Å². The molecule has 2 aliphatic rings. The summed E-state index contributed by atoms with van der Waals surface area (Å²) in [4.78, 5) is 14.6. The lowest BCUT2D eigenvalue weighted by atomic mass is 9.69. The Morgan fingerprint density at radius 3 is 2.57 bits per heavy atom. The van der Waals surface area contributed by atoms with Crippen LogP contribution in [0.2, 0.25) is 0 Å². The van der Waals surface area contributed by atoms with Gasteiger partial charge in [0.1, 0.15) is 5.60 Å². The molecule has 2 rings (SSSR count). The molecule has 134 valence electrons. The molecule has 1 saturated carbocycles. The van der Waals surface area contributed by atoms with Gasteiger partial charge in [0, 0.05) is 31.3 Å². The van der Waals surface area contributed by atoms with Crippen LogP contribution in [0.15, 0.2) is 0 Å². The highest BCUT2D eigenvalue weighted by atomic mass is 16.6. The molecule has 1 spiro atoms. The molecule has 1 aliphatic carbocycles. The number of rotatable bonds is 5. The van der Waals surface area contributed by atoms with Crippen molar-refractivity contribution in [3.8, 4) is 0 Å². The zero-order valence-electron chi connectivity index (χ0n) is 15.5. The first kappa shape index (κ1) is 18.5. The normalized spacial score (nSPS) is 25.1. The predicted octanol–water partition coefficient (Wildman–Crippen LogP) is 3.32. The van der Waals surface area contributed by atoms with E-state index in [4.69, 9.17) is 9.47 Å². The SMILES string of the molecule is CCC(COC)NC1CCN(C(=O)OC(C)(C)C)C2(CCC2)C1. The lowest BCUT2D eigenvalue weighted by Crippen LogP contribution is -2.64.